The van der Waals surface area contributed by atoms with Crippen molar-refractivity contribution < 1.29 is 4.79 Å². The van der Waals surface area contributed by atoms with E-state index in [1.165, 1.54) is 5.69 Å². The van der Waals surface area contributed by atoms with Crippen molar-refractivity contribution in [2.75, 3.05) is 26.7 Å². The van der Waals surface area contributed by atoms with Gasteiger partial charge in [-0.1, -0.05) is 18.2 Å². The zero-order valence-electron chi connectivity index (χ0n) is 15.0. The predicted molar refractivity (Wildman–Crippen MR) is 98.7 cm³/mol. The van der Waals surface area contributed by atoms with Crippen LogP contribution in [0.1, 0.15) is 24.4 Å². The normalized spacial score (nSPS) is 16.1. The number of likely N-dealkylation sites (N-methyl/N-ethyl adjacent to an activating group) is 1. The summed E-state index contributed by atoms with van der Waals surface area (Å²) in [6, 6.07) is 10.8. The number of nitrogens with zero attached hydrogens (tertiary/aromatic N) is 3. The number of piperidine rings is 1. The largest absolute Gasteiger partial charge is 0.358 e. The molecule has 0 saturated carbocycles. The van der Waals surface area contributed by atoms with Crippen molar-refractivity contribution in [3.05, 3.63) is 48.0 Å². The van der Waals surface area contributed by atoms with Gasteiger partial charge in [0, 0.05) is 38.4 Å². The number of benzene rings is 1. The van der Waals surface area contributed by atoms with Crippen LogP contribution < -0.4 is 10.6 Å². The second kappa shape index (κ2) is 8.27. The van der Waals surface area contributed by atoms with Gasteiger partial charge in [-0.25, -0.2) is 4.98 Å². The first kappa shape index (κ1) is 17.6. The van der Waals surface area contributed by atoms with Gasteiger partial charge in [0.05, 0.1) is 18.4 Å². The van der Waals surface area contributed by atoms with E-state index in [9.17, 15) is 4.79 Å². The van der Waals surface area contributed by atoms with Gasteiger partial charge in [-0.05, 0) is 31.9 Å². The van der Waals surface area contributed by atoms with Crippen molar-refractivity contribution in [3.8, 4) is 5.69 Å². The molecule has 1 aliphatic rings. The lowest BCUT2D eigenvalue weighted by molar-refractivity contribution is -0.122. The van der Waals surface area contributed by atoms with Gasteiger partial charge in [0.2, 0.25) is 5.91 Å². The molecule has 0 unspecified atom stereocenters. The third-order valence-corrected chi connectivity index (χ3v) is 4.83. The molecule has 0 spiro atoms. The number of aryl methyl sites for hydroxylation is 1. The molecule has 6 nitrogen and oxygen atoms in total. The summed E-state index contributed by atoms with van der Waals surface area (Å²) in [6.45, 7) is 5.26. The quantitative estimate of drug-likeness (QED) is 0.835. The number of rotatable bonds is 6. The molecule has 25 heavy (non-hydrogen) atoms. The second-order valence-electron chi connectivity index (χ2n) is 6.57. The molecule has 1 aliphatic heterocycles. The highest BCUT2D eigenvalue weighted by Crippen LogP contribution is 2.16. The van der Waals surface area contributed by atoms with Gasteiger partial charge < -0.3 is 10.6 Å². The monoisotopic (exact) mass is 341 g/mol. The molecular formula is C19H27N5O. The zero-order valence-corrected chi connectivity index (χ0v) is 15.0. The second-order valence-corrected chi connectivity index (χ2v) is 6.57. The SMILES string of the molecule is CNC(=O)CN1CCC(NCc2cnc(C)n2-c2ccccc2)CC1. The summed E-state index contributed by atoms with van der Waals surface area (Å²) in [5.41, 5.74) is 2.33. The van der Waals surface area contributed by atoms with E-state index in [1.807, 2.05) is 31.3 Å². The molecule has 2 heterocycles. The molecule has 2 N–H and O–H groups in total. The average Bonchev–Trinajstić information content (AvgIpc) is 3.02. The van der Waals surface area contributed by atoms with Gasteiger partial charge in [0.25, 0.3) is 0 Å². The van der Waals surface area contributed by atoms with E-state index < -0.39 is 0 Å². The maximum absolute atomic E-state index is 11.5. The summed E-state index contributed by atoms with van der Waals surface area (Å²) >= 11 is 0. The van der Waals surface area contributed by atoms with Gasteiger partial charge in [0.1, 0.15) is 5.82 Å². The summed E-state index contributed by atoms with van der Waals surface area (Å²) in [7, 11) is 1.69. The lowest BCUT2D eigenvalue weighted by Gasteiger charge is -2.31. The number of amides is 1. The highest BCUT2D eigenvalue weighted by Gasteiger charge is 2.20. The number of likely N-dealkylation sites (tertiary alicyclic amines) is 1. The Labute approximate surface area is 149 Å². The number of hydrogen-bond acceptors (Lipinski definition) is 4. The van der Waals surface area contributed by atoms with E-state index in [-0.39, 0.29) is 5.91 Å². The van der Waals surface area contributed by atoms with Crippen LogP contribution >= 0.6 is 0 Å². The fourth-order valence-corrected chi connectivity index (χ4v) is 3.37. The average molecular weight is 341 g/mol. The Morgan fingerprint density at radius 3 is 2.64 bits per heavy atom. The first-order valence-electron chi connectivity index (χ1n) is 8.92. The maximum Gasteiger partial charge on any atom is 0.233 e. The van der Waals surface area contributed by atoms with Crippen molar-refractivity contribution in [3.63, 3.8) is 0 Å². The van der Waals surface area contributed by atoms with Gasteiger partial charge in [0.15, 0.2) is 0 Å². The summed E-state index contributed by atoms with van der Waals surface area (Å²) in [5.74, 6) is 1.09. The number of imidazole rings is 1. The van der Waals surface area contributed by atoms with Crippen LogP contribution in [0.3, 0.4) is 0 Å². The van der Waals surface area contributed by atoms with Crippen molar-refractivity contribution in [2.45, 2.75) is 32.4 Å². The Kier molecular flexibility index (Phi) is 5.83. The minimum Gasteiger partial charge on any atom is -0.358 e. The third-order valence-electron chi connectivity index (χ3n) is 4.83. The number of para-hydroxylation sites is 1. The van der Waals surface area contributed by atoms with Gasteiger partial charge >= 0.3 is 0 Å². The molecule has 1 aromatic carbocycles. The number of carbonyl (C=O) groups excluding carboxylic acids is 1. The number of hydrogen-bond donors (Lipinski definition) is 2. The molecule has 134 valence electrons. The zero-order chi connectivity index (χ0) is 17.6. The summed E-state index contributed by atoms with van der Waals surface area (Å²) in [4.78, 5) is 18.2. The molecule has 1 fully saturated rings. The molecule has 1 aromatic heterocycles. The predicted octanol–water partition coefficient (Wildman–Crippen LogP) is 1.48. The molecule has 1 saturated heterocycles. The summed E-state index contributed by atoms with van der Waals surface area (Å²) < 4.78 is 2.20. The fraction of sp³-hybridized carbons (Fsp3) is 0.474. The van der Waals surface area contributed by atoms with Crippen LogP contribution in [0.2, 0.25) is 0 Å². The van der Waals surface area contributed by atoms with E-state index in [0.717, 1.165) is 44.0 Å². The number of aromatic nitrogens is 2. The minimum absolute atomic E-state index is 0.0913. The van der Waals surface area contributed by atoms with Crippen LogP contribution in [-0.2, 0) is 11.3 Å². The lowest BCUT2D eigenvalue weighted by atomic mass is 10.0. The van der Waals surface area contributed by atoms with E-state index in [2.05, 4.69) is 37.2 Å². The van der Waals surface area contributed by atoms with Crippen LogP contribution in [0, 0.1) is 6.92 Å². The Hall–Kier alpha value is -2.18. The molecule has 0 aliphatic carbocycles. The molecule has 0 atom stereocenters. The molecule has 6 heteroatoms. The van der Waals surface area contributed by atoms with E-state index in [1.54, 1.807) is 7.05 Å². The van der Waals surface area contributed by atoms with Crippen molar-refractivity contribution in [1.82, 2.24) is 25.1 Å². The van der Waals surface area contributed by atoms with Gasteiger partial charge in [-0.15, -0.1) is 0 Å². The van der Waals surface area contributed by atoms with Crippen molar-refractivity contribution in [2.24, 2.45) is 0 Å². The van der Waals surface area contributed by atoms with Crippen molar-refractivity contribution >= 4 is 5.91 Å². The molecule has 2 aromatic rings. The highest BCUT2D eigenvalue weighted by atomic mass is 16.1. The summed E-state index contributed by atoms with van der Waals surface area (Å²) in [5, 5.41) is 6.35. The Morgan fingerprint density at radius 2 is 1.96 bits per heavy atom. The molecule has 0 bridgehead atoms. The number of carbonyl (C=O) groups is 1. The fourth-order valence-electron chi connectivity index (χ4n) is 3.37. The van der Waals surface area contributed by atoms with Crippen molar-refractivity contribution in [1.29, 1.82) is 0 Å². The third kappa shape index (κ3) is 4.46. The minimum atomic E-state index is 0.0913. The molecule has 1 amide bonds. The molecule has 3 rings (SSSR count). The van der Waals surface area contributed by atoms with Gasteiger partial charge in [-0.3, -0.25) is 14.3 Å². The van der Waals surface area contributed by atoms with E-state index >= 15 is 0 Å². The standard InChI is InChI=1S/C19H27N5O/c1-15-21-12-18(24(15)17-6-4-3-5-7-17)13-22-16-8-10-23(11-9-16)14-19(25)20-2/h3-7,12,16,22H,8-11,13-14H2,1-2H3,(H,20,25). The van der Waals surface area contributed by atoms with Crippen LogP contribution in [0.25, 0.3) is 5.69 Å². The molecular weight excluding hydrogens is 314 g/mol. The van der Waals surface area contributed by atoms with Crippen LogP contribution in [0.4, 0.5) is 0 Å². The molecule has 0 radical (unpaired) electrons. The maximum atomic E-state index is 11.5. The number of nitrogens with one attached hydrogen (secondary N) is 2. The van der Waals surface area contributed by atoms with Crippen LogP contribution in [0.15, 0.2) is 36.5 Å². The smallest absolute Gasteiger partial charge is 0.233 e. The first-order chi connectivity index (χ1) is 12.2. The van der Waals surface area contributed by atoms with Crippen LogP contribution in [-0.4, -0.2) is 53.1 Å². The van der Waals surface area contributed by atoms with E-state index in [0.29, 0.717) is 12.6 Å². The van der Waals surface area contributed by atoms with Gasteiger partial charge in [-0.2, -0.15) is 0 Å². The Bertz CT molecular complexity index is 689. The Balaban J connectivity index is 1.55. The first-order valence-corrected chi connectivity index (χ1v) is 8.92. The summed E-state index contributed by atoms with van der Waals surface area (Å²) in [6.07, 6.45) is 4.08. The van der Waals surface area contributed by atoms with E-state index in [4.69, 9.17) is 0 Å². The topological polar surface area (TPSA) is 62.2 Å². The van der Waals surface area contributed by atoms with Crippen LogP contribution in [0.5, 0.6) is 0 Å². The lowest BCUT2D eigenvalue weighted by Crippen LogP contribution is -2.45. The highest BCUT2D eigenvalue weighted by molar-refractivity contribution is 5.77. The Morgan fingerprint density at radius 1 is 1.24 bits per heavy atom.